The molecule has 140 valence electrons. The molecule has 1 aromatic carbocycles. The zero-order valence-electron chi connectivity index (χ0n) is 14.8. The first kappa shape index (κ1) is 21.2. The number of unbranched alkanes of at least 4 members (excludes halogenated alkanes) is 1. The minimum atomic E-state index is -3.99. The number of benzene rings is 1. The van der Waals surface area contributed by atoms with Crippen LogP contribution in [0.25, 0.3) is 0 Å². The van der Waals surface area contributed by atoms with Gasteiger partial charge < -0.3 is 4.74 Å². The molecule has 25 heavy (non-hydrogen) atoms. The monoisotopic (exact) mass is 362 g/mol. The summed E-state index contributed by atoms with van der Waals surface area (Å²) < 4.78 is 72.6. The molecule has 0 aliphatic carbocycles. The van der Waals surface area contributed by atoms with Crippen molar-refractivity contribution in [2.24, 2.45) is 5.92 Å². The second-order valence-electron chi connectivity index (χ2n) is 6.10. The van der Waals surface area contributed by atoms with E-state index in [4.69, 9.17) is 0 Å². The second kappa shape index (κ2) is 9.02. The highest BCUT2D eigenvalue weighted by atomic mass is 19.3. The number of alkyl halides is 2. The van der Waals surface area contributed by atoms with Gasteiger partial charge in [-0.05, 0) is 44.4 Å². The van der Waals surface area contributed by atoms with E-state index in [2.05, 4.69) is 4.74 Å². The molecular weight excluding hydrogens is 339 g/mol. The molecule has 0 saturated carbocycles. The number of hydrogen-bond acceptors (Lipinski definition) is 1. The summed E-state index contributed by atoms with van der Waals surface area (Å²) in [6.45, 7) is 6.52. The van der Waals surface area contributed by atoms with E-state index in [-0.39, 0.29) is 5.92 Å². The lowest BCUT2D eigenvalue weighted by molar-refractivity contribution is -0.143. The van der Waals surface area contributed by atoms with Gasteiger partial charge in [-0.1, -0.05) is 32.3 Å². The maximum absolute atomic E-state index is 14.2. The Hall–Kier alpha value is -1.85. The molecule has 1 unspecified atom stereocenters. The molecule has 0 amide bonds. The first-order chi connectivity index (χ1) is 11.6. The van der Waals surface area contributed by atoms with Crippen LogP contribution in [0.2, 0.25) is 0 Å². The predicted molar refractivity (Wildman–Crippen MR) is 88.2 cm³/mol. The third kappa shape index (κ3) is 6.18. The van der Waals surface area contributed by atoms with Crippen LogP contribution in [0.5, 0.6) is 5.75 Å². The quantitative estimate of drug-likeness (QED) is 0.359. The number of allylic oxidation sites excluding steroid dienone is 3. The minimum Gasteiger partial charge on any atom is -0.429 e. The molecule has 0 aromatic heterocycles. The van der Waals surface area contributed by atoms with Gasteiger partial charge in [0.05, 0.1) is 5.57 Å². The Kier molecular flexibility index (Phi) is 7.64. The van der Waals surface area contributed by atoms with E-state index in [9.17, 15) is 22.0 Å². The molecule has 1 aromatic rings. The first-order valence-corrected chi connectivity index (χ1v) is 8.15. The van der Waals surface area contributed by atoms with Crippen molar-refractivity contribution >= 4 is 0 Å². The van der Waals surface area contributed by atoms with Gasteiger partial charge in [0.2, 0.25) is 0 Å². The lowest BCUT2D eigenvalue weighted by Gasteiger charge is -2.19. The topological polar surface area (TPSA) is 9.23 Å². The maximum atomic E-state index is 14.2. The lowest BCUT2D eigenvalue weighted by Crippen LogP contribution is -2.27. The van der Waals surface area contributed by atoms with Gasteiger partial charge in [-0.2, -0.15) is 8.78 Å². The third-order valence-corrected chi connectivity index (χ3v) is 4.05. The normalized spacial score (nSPS) is 15.0. The molecule has 0 radical (unpaired) electrons. The number of rotatable bonds is 8. The van der Waals surface area contributed by atoms with E-state index < -0.39 is 34.9 Å². The maximum Gasteiger partial charge on any atom is 0.425 e. The fourth-order valence-electron chi connectivity index (χ4n) is 2.09. The summed E-state index contributed by atoms with van der Waals surface area (Å²) in [5.74, 6) is -4.13. The van der Waals surface area contributed by atoms with Gasteiger partial charge in [-0.25, -0.2) is 13.2 Å². The van der Waals surface area contributed by atoms with Crippen molar-refractivity contribution in [2.75, 3.05) is 0 Å². The summed E-state index contributed by atoms with van der Waals surface area (Å²) in [4.78, 5) is 0. The minimum absolute atomic E-state index is 0.0687. The highest BCUT2D eigenvalue weighted by molar-refractivity contribution is 5.29. The lowest BCUT2D eigenvalue weighted by atomic mass is 9.96. The summed E-state index contributed by atoms with van der Waals surface area (Å²) in [5, 5.41) is 0. The van der Waals surface area contributed by atoms with E-state index in [0.29, 0.717) is 17.7 Å². The summed E-state index contributed by atoms with van der Waals surface area (Å²) in [7, 11) is 0. The van der Waals surface area contributed by atoms with Crippen molar-refractivity contribution < 1.29 is 26.7 Å². The standard InChI is InChI=1S/C19H23F5O/c1-5-6-7-12(2)13(3)10-17(21)14(4)19(23,24)25-15-8-9-16(20)18(22)11-15/h8-12H,5-7H2,1-4H3/b13-10+,17-14-. The molecular formula is C19H23F5O. The second-order valence-corrected chi connectivity index (χ2v) is 6.10. The smallest absolute Gasteiger partial charge is 0.425 e. The number of hydrogen-bond donors (Lipinski definition) is 0. The van der Waals surface area contributed by atoms with Crippen molar-refractivity contribution in [1.82, 2.24) is 0 Å². The van der Waals surface area contributed by atoms with Crippen LogP contribution >= 0.6 is 0 Å². The molecule has 0 bridgehead atoms. The van der Waals surface area contributed by atoms with Crippen LogP contribution in [0.4, 0.5) is 22.0 Å². The Morgan fingerprint density at radius 3 is 2.40 bits per heavy atom. The van der Waals surface area contributed by atoms with Crippen LogP contribution in [0.1, 0.15) is 47.0 Å². The Labute approximate surface area is 145 Å². The molecule has 0 saturated heterocycles. The van der Waals surface area contributed by atoms with Gasteiger partial charge in [0.15, 0.2) is 11.6 Å². The SMILES string of the molecule is CCCCC(C)/C(C)=C/C(F)=C(\C)C(F)(F)Oc1ccc(F)c(F)c1. The predicted octanol–water partition coefficient (Wildman–Crippen LogP) is 6.95. The van der Waals surface area contributed by atoms with E-state index >= 15 is 0 Å². The summed E-state index contributed by atoms with van der Waals surface area (Å²) >= 11 is 0. The Morgan fingerprint density at radius 2 is 1.84 bits per heavy atom. The van der Waals surface area contributed by atoms with Gasteiger partial charge in [0.1, 0.15) is 11.6 Å². The largest absolute Gasteiger partial charge is 0.429 e. The van der Waals surface area contributed by atoms with Gasteiger partial charge in [0.25, 0.3) is 0 Å². The van der Waals surface area contributed by atoms with Gasteiger partial charge in [-0.15, -0.1) is 0 Å². The molecule has 1 rings (SSSR count). The molecule has 1 atom stereocenters. The van der Waals surface area contributed by atoms with E-state index in [0.717, 1.165) is 38.3 Å². The van der Waals surface area contributed by atoms with Crippen molar-refractivity contribution in [3.63, 3.8) is 0 Å². The fraction of sp³-hybridized carbons (Fsp3) is 0.474. The Morgan fingerprint density at radius 1 is 1.20 bits per heavy atom. The molecule has 0 aliphatic heterocycles. The molecule has 6 heteroatoms. The van der Waals surface area contributed by atoms with Crippen LogP contribution < -0.4 is 4.74 Å². The van der Waals surface area contributed by atoms with E-state index in [1.54, 1.807) is 6.92 Å². The highest BCUT2D eigenvalue weighted by Gasteiger charge is 2.37. The molecule has 0 N–H and O–H groups in total. The molecule has 0 spiro atoms. The highest BCUT2D eigenvalue weighted by Crippen LogP contribution is 2.32. The van der Waals surface area contributed by atoms with Gasteiger partial charge in [0, 0.05) is 6.07 Å². The zero-order chi connectivity index (χ0) is 19.2. The first-order valence-electron chi connectivity index (χ1n) is 8.15. The van der Waals surface area contributed by atoms with Crippen LogP contribution in [-0.4, -0.2) is 6.11 Å². The third-order valence-electron chi connectivity index (χ3n) is 4.05. The van der Waals surface area contributed by atoms with Gasteiger partial charge in [-0.3, -0.25) is 0 Å². The van der Waals surface area contributed by atoms with E-state index in [1.807, 2.05) is 13.8 Å². The summed E-state index contributed by atoms with van der Waals surface area (Å²) in [5.41, 5.74) is -0.284. The number of halogens is 5. The summed E-state index contributed by atoms with van der Waals surface area (Å²) in [6, 6.07) is 2.00. The molecule has 0 aliphatic rings. The molecule has 1 nitrogen and oxygen atoms in total. The van der Waals surface area contributed by atoms with Crippen LogP contribution in [0.15, 0.2) is 41.2 Å². The van der Waals surface area contributed by atoms with Crippen LogP contribution in [-0.2, 0) is 0 Å². The van der Waals surface area contributed by atoms with Gasteiger partial charge >= 0.3 is 6.11 Å². The number of ether oxygens (including phenoxy) is 1. The molecule has 0 fully saturated rings. The van der Waals surface area contributed by atoms with E-state index in [1.165, 1.54) is 0 Å². The van der Waals surface area contributed by atoms with Crippen LogP contribution in [0.3, 0.4) is 0 Å². The zero-order valence-corrected chi connectivity index (χ0v) is 14.8. The fourth-order valence-corrected chi connectivity index (χ4v) is 2.09. The van der Waals surface area contributed by atoms with Crippen LogP contribution in [0, 0.1) is 17.6 Å². The summed E-state index contributed by atoms with van der Waals surface area (Å²) in [6.07, 6.45) is -0.121. The molecule has 0 heterocycles. The average molecular weight is 362 g/mol. The van der Waals surface area contributed by atoms with Crippen molar-refractivity contribution in [3.05, 3.63) is 52.9 Å². The van der Waals surface area contributed by atoms with Crippen molar-refractivity contribution in [2.45, 2.75) is 53.1 Å². The van der Waals surface area contributed by atoms with Crippen molar-refractivity contribution in [1.29, 1.82) is 0 Å². The average Bonchev–Trinajstić information content (AvgIpc) is 2.54. The Balaban J connectivity index is 2.97. The van der Waals surface area contributed by atoms with Crippen molar-refractivity contribution in [3.8, 4) is 5.75 Å². The Bertz CT molecular complexity index is 649.